The SMILES string of the molecule is CCCCCCCCCCCCCCc1ccc(N=C(C)c2cccc(C(C)=Nc3c(C)cc(Cc4cc(C)c(N=C(C)c5cccc(C(C)=Nc6ccc(CCCCCCCCCCCCCC)cc6)n5)c(C)c4)cc3C)n2)cc1. The standard InChI is InChI=1S/C75H102N6/c1-11-13-15-17-19-21-23-25-27-29-31-33-37-64-43-47-68(48-44-64)76-60(7)70-39-35-41-72(80-70)62(9)78-74-56(3)51-66(52-57(74)4)55-67-53-58(5)75(59(6)54-67)79-63(10)73-42-36-40-71(81-73)61(8)77-69-49-45-65(46-50-69)38-34-32-30-28-26-24-22-20-18-16-14-12-2/h35-36,39-54H,11-34,37-38,55H2,1-10H3. The molecule has 6 heteroatoms. The van der Waals surface area contributed by atoms with Crippen molar-refractivity contribution in [3.8, 4) is 0 Å². The number of benzene rings is 4. The molecule has 0 amide bonds. The highest BCUT2D eigenvalue weighted by Crippen LogP contribution is 2.31. The van der Waals surface area contributed by atoms with Gasteiger partial charge in [-0.25, -0.2) is 9.97 Å². The van der Waals surface area contributed by atoms with Gasteiger partial charge >= 0.3 is 0 Å². The van der Waals surface area contributed by atoms with Gasteiger partial charge in [0.2, 0.25) is 0 Å². The van der Waals surface area contributed by atoms with E-state index in [1.807, 2.05) is 38.1 Å². The lowest BCUT2D eigenvalue weighted by atomic mass is 9.96. The Kier molecular flexibility index (Phi) is 28.2. The highest BCUT2D eigenvalue weighted by atomic mass is 14.9. The quantitative estimate of drug-likeness (QED) is 0.0290. The third kappa shape index (κ3) is 22.6. The Morgan fingerprint density at radius 1 is 0.309 bits per heavy atom. The van der Waals surface area contributed by atoms with Crippen molar-refractivity contribution in [2.24, 2.45) is 20.0 Å². The first-order chi connectivity index (χ1) is 39.4. The molecular weight excluding hydrogens is 985 g/mol. The highest BCUT2D eigenvalue weighted by molar-refractivity contribution is 6.03. The zero-order valence-corrected chi connectivity index (χ0v) is 52.2. The van der Waals surface area contributed by atoms with Crippen LogP contribution in [0.1, 0.15) is 263 Å². The predicted molar refractivity (Wildman–Crippen MR) is 353 cm³/mol. The van der Waals surface area contributed by atoms with Crippen LogP contribution in [0.25, 0.3) is 0 Å². The van der Waals surface area contributed by atoms with Crippen molar-refractivity contribution >= 4 is 45.6 Å². The van der Waals surface area contributed by atoms with E-state index in [0.717, 1.165) is 110 Å². The summed E-state index contributed by atoms with van der Waals surface area (Å²) in [4.78, 5) is 30.4. The van der Waals surface area contributed by atoms with Crippen LogP contribution in [0.5, 0.6) is 0 Å². The second kappa shape index (κ2) is 35.7. The number of hydrogen-bond donors (Lipinski definition) is 0. The summed E-state index contributed by atoms with van der Waals surface area (Å²) in [6.45, 7) is 21.5. The summed E-state index contributed by atoms with van der Waals surface area (Å²) in [5, 5.41) is 0. The van der Waals surface area contributed by atoms with Crippen LogP contribution in [0.15, 0.2) is 129 Å². The van der Waals surface area contributed by atoms with Crippen LogP contribution in [0.3, 0.4) is 0 Å². The van der Waals surface area contributed by atoms with E-state index in [0.29, 0.717) is 0 Å². The number of aliphatic imine (C=N–C) groups is 4. The average Bonchev–Trinajstić information content (AvgIpc) is 3.46. The van der Waals surface area contributed by atoms with Crippen molar-refractivity contribution in [3.63, 3.8) is 0 Å². The summed E-state index contributed by atoms with van der Waals surface area (Å²) < 4.78 is 0. The Morgan fingerprint density at radius 2 is 0.568 bits per heavy atom. The number of rotatable bonds is 36. The molecule has 81 heavy (non-hydrogen) atoms. The molecule has 0 saturated carbocycles. The summed E-state index contributed by atoms with van der Waals surface area (Å²) in [5.41, 5.74) is 20.8. The number of aryl methyl sites for hydroxylation is 6. The lowest BCUT2D eigenvalue weighted by Crippen LogP contribution is -2.05. The van der Waals surface area contributed by atoms with E-state index in [1.165, 1.54) is 176 Å². The maximum absolute atomic E-state index is 5.18. The Labute approximate surface area is 492 Å². The number of unbranched alkanes of at least 4 members (excludes halogenated alkanes) is 22. The minimum Gasteiger partial charge on any atom is -0.252 e. The van der Waals surface area contributed by atoms with Gasteiger partial charge in [0.1, 0.15) is 0 Å². The molecule has 6 rings (SSSR count). The third-order valence-electron chi connectivity index (χ3n) is 16.2. The van der Waals surface area contributed by atoms with Crippen LogP contribution >= 0.6 is 0 Å². The Morgan fingerprint density at radius 3 is 0.852 bits per heavy atom. The van der Waals surface area contributed by atoms with Gasteiger partial charge < -0.3 is 0 Å². The first-order valence-corrected chi connectivity index (χ1v) is 32.0. The van der Waals surface area contributed by atoms with E-state index in [9.17, 15) is 0 Å². The number of pyridine rings is 2. The minimum absolute atomic E-state index is 0.823. The first-order valence-electron chi connectivity index (χ1n) is 32.0. The normalized spacial score (nSPS) is 12.5. The highest BCUT2D eigenvalue weighted by Gasteiger charge is 2.13. The molecule has 432 valence electrons. The molecule has 0 aliphatic rings. The van der Waals surface area contributed by atoms with Crippen molar-refractivity contribution < 1.29 is 0 Å². The molecule has 0 atom stereocenters. The molecule has 2 aromatic heterocycles. The molecule has 6 aromatic rings. The average molecular weight is 1090 g/mol. The Hall–Kier alpha value is -6.14. The van der Waals surface area contributed by atoms with Crippen LogP contribution in [0.4, 0.5) is 22.7 Å². The number of nitrogens with zero attached hydrogens (tertiary/aromatic N) is 6. The largest absolute Gasteiger partial charge is 0.252 e. The van der Waals surface area contributed by atoms with Gasteiger partial charge in [0.15, 0.2) is 0 Å². The van der Waals surface area contributed by atoms with E-state index in [1.54, 1.807) is 0 Å². The third-order valence-corrected chi connectivity index (χ3v) is 16.2. The van der Waals surface area contributed by atoms with Gasteiger partial charge in [-0.1, -0.05) is 216 Å². The summed E-state index contributed by atoms with van der Waals surface area (Å²) in [6, 6.07) is 39.0. The van der Waals surface area contributed by atoms with Gasteiger partial charge in [-0.15, -0.1) is 0 Å². The number of aromatic nitrogens is 2. The van der Waals surface area contributed by atoms with Crippen LogP contribution in [0, 0.1) is 27.7 Å². The van der Waals surface area contributed by atoms with Gasteiger partial charge in [0.25, 0.3) is 0 Å². The summed E-state index contributed by atoms with van der Waals surface area (Å²) in [5.74, 6) is 0. The molecule has 0 bridgehead atoms. The predicted octanol–water partition coefficient (Wildman–Crippen LogP) is 22.4. The fourth-order valence-electron chi connectivity index (χ4n) is 11.3. The Bertz CT molecular complexity index is 2710. The topological polar surface area (TPSA) is 75.2 Å². The summed E-state index contributed by atoms with van der Waals surface area (Å²) >= 11 is 0. The van der Waals surface area contributed by atoms with E-state index in [-0.39, 0.29) is 0 Å². The molecular formula is C75H102N6. The molecule has 6 nitrogen and oxygen atoms in total. The molecule has 0 saturated heterocycles. The van der Waals surface area contributed by atoms with Crippen molar-refractivity contribution in [2.45, 2.75) is 243 Å². The van der Waals surface area contributed by atoms with E-state index in [2.05, 4.69) is 140 Å². The monoisotopic (exact) mass is 1090 g/mol. The number of hydrogen-bond acceptors (Lipinski definition) is 6. The Balaban J connectivity index is 0.979. The van der Waals surface area contributed by atoms with Gasteiger partial charge in [0, 0.05) is 0 Å². The minimum atomic E-state index is 0.823. The van der Waals surface area contributed by atoms with Crippen molar-refractivity contribution in [1.29, 1.82) is 0 Å². The fourth-order valence-corrected chi connectivity index (χ4v) is 11.3. The zero-order valence-electron chi connectivity index (χ0n) is 52.2. The maximum Gasteiger partial charge on any atom is 0.0849 e. The van der Waals surface area contributed by atoms with Crippen LogP contribution in [0.2, 0.25) is 0 Å². The molecule has 0 aliphatic heterocycles. The zero-order chi connectivity index (χ0) is 57.6. The van der Waals surface area contributed by atoms with Crippen LogP contribution in [-0.4, -0.2) is 32.8 Å². The molecule has 2 heterocycles. The lowest BCUT2D eigenvalue weighted by Gasteiger charge is -2.13. The van der Waals surface area contributed by atoms with Gasteiger partial charge in [-0.05, 0) is 181 Å². The second-order valence-corrected chi connectivity index (χ2v) is 23.5. The summed E-state index contributed by atoms with van der Waals surface area (Å²) in [7, 11) is 0. The van der Waals surface area contributed by atoms with E-state index < -0.39 is 0 Å². The molecule has 0 spiro atoms. The molecule has 0 fully saturated rings. The van der Waals surface area contributed by atoms with E-state index in [4.69, 9.17) is 29.9 Å². The van der Waals surface area contributed by atoms with Crippen molar-refractivity contribution in [2.75, 3.05) is 0 Å². The van der Waals surface area contributed by atoms with Crippen LogP contribution < -0.4 is 0 Å². The van der Waals surface area contributed by atoms with E-state index >= 15 is 0 Å². The molecule has 0 radical (unpaired) electrons. The van der Waals surface area contributed by atoms with Crippen molar-refractivity contribution in [3.05, 3.63) is 176 Å². The first kappa shape index (κ1) is 64.0. The van der Waals surface area contributed by atoms with Gasteiger partial charge in [-0.3, -0.25) is 20.0 Å². The van der Waals surface area contributed by atoms with Gasteiger partial charge in [0.05, 0.1) is 68.4 Å². The summed E-state index contributed by atoms with van der Waals surface area (Å²) in [6.07, 6.45) is 36.2. The molecule has 0 aliphatic carbocycles. The van der Waals surface area contributed by atoms with Crippen LogP contribution in [-0.2, 0) is 19.3 Å². The lowest BCUT2D eigenvalue weighted by molar-refractivity contribution is 0.544. The molecule has 0 N–H and O–H groups in total. The maximum atomic E-state index is 5.18. The fraction of sp³-hybridized carbons (Fsp3) is 0.493. The van der Waals surface area contributed by atoms with Crippen molar-refractivity contribution in [1.82, 2.24) is 9.97 Å². The van der Waals surface area contributed by atoms with Gasteiger partial charge in [-0.2, -0.15) is 0 Å². The second-order valence-electron chi connectivity index (χ2n) is 23.5. The molecule has 0 unspecified atom stereocenters. The smallest absolute Gasteiger partial charge is 0.0849 e. The molecule has 4 aromatic carbocycles.